The molecule has 3 amide bonds. The first kappa shape index (κ1) is 32.1. The lowest BCUT2D eigenvalue weighted by Crippen LogP contribution is -2.59. The summed E-state index contributed by atoms with van der Waals surface area (Å²) in [5.74, 6) is -1.45. The van der Waals surface area contributed by atoms with Crippen LogP contribution in [0.1, 0.15) is 58.9 Å². The topological polar surface area (TPSA) is 160 Å². The maximum absolute atomic E-state index is 13.4. The Balaban J connectivity index is 0.00000106. The molecule has 10 nitrogen and oxygen atoms in total. The average molecular weight is 609 g/mol. The molecule has 1 saturated heterocycles. The third kappa shape index (κ3) is 5.98. The number of carbonyl (C=O) groups is 3. The zero-order valence-electron chi connectivity index (χ0n) is 24.0. The molecule has 44 heavy (non-hydrogen) atoms. The van der Waals surface area contributed by atoms with Crippen LogP contribution in [-0.2, 0) is 27.8 Å². The highest BCUT2D eigenvalue weighted by Crippen LogP contribution is 2.46. The van der Waals surface area contributed by atoms with E-state index >= 15 is 0 Å². The van der Waals surface area contributed by atoms with Gasteiger partial charge in [-0.15, -0.1) is 0 Å². The number of likely N-dealkylation sites (tertiary alicyclic amines) is 1. The van der Waals surface area contributed by atoms with Crippen LogP contribution in [0.25, 0.3) is 0 Å². The van der Waals surface area contributed by atoms with Crippen LogP contribution < -0.4 is 10.6 Å². The van der Waals surface area contributed by atoms with E-state index in [0.717, 1.165) is 21.6 Å². The van der Waals surface area contributed by atoms with Crippen LogP contribution in [-0.4, -0.2) is 62.9 Å². The Kier molecular flexibility index (Phi) is 9.06. The maximum atomic E-state index is 13.4. The van der Waals surface area contributed by atoms with Crippen molar-refractivity contribution >= 4 is 23.5 Å². The van der Waals surface area contributed by atoms with Gasteiger partial charge >= 0.3 is 6.18 Å². The quantitative estimate of drug-likeness (QED) is 0.463. The molecule has 0 bridgehead atoms. The average Bonchev–Trinajstić information content (AvgIpc) is 3.49. The van der Waals surface area contributed by atoms with Crippen LogP contribution in [0.5, 0.6) is 0 Å². The Hall–Kier alpha value is -4.83. The number of rotatable bonds is 4. The molecule has 3 aliphatic rings. The summed E-state index contributed by atoms with van der Waals surface area (Å²) in [5, 5.41) is 12.8. The molecule has 13 heteroatoms. The van der Waals surface area contributed by atoms with Crippen molar-refractivity contribution in [2.45, 2.75) is 62.7 Å². The number of carbonyl (C=O) groups excluding carboxylic acids is 3. The fourth-order valence-electron chi connectivity index (χ4n) is 6.30. The van der Waals surface area contributed by atoms with Crippen molar-refractivity contribution in [1.82, 2.24) is 20.2 Å². The Bertz CT molecular complexity index is 1610. The van der Waals surface area contributed by atoms with Gasteiger partial charge in [-0.25, -0.2) is 4.98 Å². The second-order valence-corrected chi connectivity index (χ2v) is 10.9. The highest BCUT2D eigenvalue weighted by atomic mass is 19.4. The number of nitrogens with one attached hydrogen (secondary N) is 2. The van der Waals surface area contributed by atoms with Crippen LogP contribution in [0.4, 0.5) is 19.0 Å². The number of piperidine rings is 1. The third-order valence-electron chi connectivity index (χ3n) is 8.30. The zero-order valence-corrected chi connectivity index (χ0v) is 24.0. The van der Waals surface area contributed by atoms with Crippen molar-refractivity contribution in [3.63, 3.8) is 0 Å². The molecule has 0 saturated carbocycles. The SMILES string of the molecule is CC#N.C[C@@H]1[C@H](c2ccccc2)C[C@H](NC(=O)c2cnc3c(c2)C[C@@]2(C3)C(=O)Nc3ncccc32)C(=O)N1CC(F)(F)F.O. The number of alkyl halides is 3. The summed E-state index contributed by atoms with van der Waals surface area (Å²) in [5.41, 5.74) is 2.30. The Morgan fingerprint density at radius 2 is 1.86 bits per heavy atom. The van der Waals surface area contributed by atoms with Gasteiger partial charge in [0, 0.05) is 49.0 Å². The largest absolute Gasteiger partial charge is 0.412 e. The minimum Gasteiger partial charge on any atom is -0.412 e. The van der Waals surface area contributed by atoms with Crippen molar-refractivity contribution in [3.8, 4) is 6.07 Å². The molecular weight excluding hydrogens is 577 g/mol. The molecule has 4 N–H and O–H groups in total. The molecular formula is C31H31F3N6O4. The maximum Gasteiger partial charge on any atom is 0.406 e. The van der Waals surface area contributed by atoms with E-state index in [1.54, 1.807) is 43.5 Å². The number of fused-ring (bicyclic) bond motifs is 3. The predicted molar refractivity (Wildman–Crippen MR) is 153 cm³/mol. The minimum atomic E-state index is -4.59. The smallest absolute Gasteiger partial charge is 0.406 e. The van der Waals surface area contributed by atoms with E-state index in [-0.39, 0.29) is 23.4 Å². The van der Waals surface area contributed by atoms with Gasteiger partial charge in [0.15, 0.2) is 0 Å². The molecule has 0 unspecified atom stereocenters. The first-order valence-electron chi connectivity index (χ1n) is 13.8. The van der Waals surface area contributed by atoms with Crippen molar-refractivity contribution in [2.75, 3.05) is 11.9 Å². The lowest BCUT2D eigenvalue weighted by Gasteiger charge is -2.43. The monoisotopic (exact) mass is 608 g/mol. The van der Waals surface area contributed by atoms with Crippen LogP contribution >= 0.6 is 0 Å². The van der Waals surface area contributed by atoms with Crippen LogP contribution in [0.2, 0.25) is 0 Å². The van der Waals surface area contributed by atoms with E-state index in [1.807, 2.05) is 24.3 Å². The standard InChI is InChI=1S/C29H26F3N5O3.C2H3N.H2O/c1-16-20(17-6-3-2-4-7-17)11-22(26(39)37(16)15-29(30,31)32)35-25(38)19-10-18-12-28(13-23(18)34-14-19)21-8-5-9-33-24(21)36-27(28)40;1-2-3;/h2-10,14,16,20,22H,11-13,15H2,1H3,(H,35,38)(H,33,36,40);1H3;1H2/t16-,20-,22+,28+;;/m1../s1. The van der Waals surface area contributed by atoms with Gasteiger partial charge in [-0.3, -0.25) is 19.4 Å². The molecule has 4 heterocycles. The van der Waals surface area contributed by atoms with Crippen LogP contribution in [0, 0.1) is 11.3 Å². The van der Waals surface area contributed by atoms with Crippen molar-refractivity contribution < 1.29 is 33.0 Å². The molecule has 3 aromatic rings. The highest BCUT2D eigenvalue weighted by molar-refractivity contribution is 6.06. The Morgan fingerprint density at radius 3 is 2.55 bits per heavy atom. The molecule has 1 aliphatic carbocycles. The lowest BCUT2D eigenvalue weighted by atomic mass is 9.80. The number of nitriles is 1. The molecule has 1 fully saturated rings. The minimum absolute atomic E-state index is 0. The molecule has 6 rings (SSSR count). The van der Waals surface area contributed by atoms with Gasteiger partial charge in [0.05, 0.1) is 17.0 Å². The number of pyridine rings is 2. The van der Waals surface area contributed by atoms with Crippen LogP contribution in [0.3, 0.4) is 0 Å². The van der Waals surface area contributed by atoms with E-state index in [4.69, 9.17) is 5.26 Å². The summed E-state index contributed by atoms with van der Waals surface area (Å²) in [6.45, 7) is 1.63. The number of hydrogen-bond donors (Lipinski definition) is 2. The second-order valence-electron chi connectivity index (χ2n) is 10.9. The zero-order chi connectivity index (χ0) is 30.9. The first-order chi connectivity index (χ1) is 20.5. The van der Waals surface area contributed by atoms with Crippen molar-refractivity contribution in [1.29, 1.82) is 5.26 Å². The van der Waals surface area contributed by atoms with Gasteiger partial charge in [0.2, 0.25) is 11.8 Å². The molecule has 2 aromatic heterocycles. The number of halogens is 3. The van der Waals surface area contributed by atoms with Crippen molar-refractivity contribution in [2.24, 2.45) is 0 Å². The van der Waals surface area contributed by atoms with Gasteiger partial charge in [-0.1, -0.05) is 36.4 Å². The van der Waals surface area contributed by atoms with E-state index < -0.39 is 48.0 Å². The number of hydrogen-bond acceptors (Lipinski definition) is 6. The predicted octanol–water partition coefficient (Wildman–Crippen LogP) is 3.24. The molecule has 230 valence electrons. The molecule has 1 spiro atoms. The summed E-state index contributed by atoms with van der Waals surface area (Å²) in [7, 11) is 0. The third-order valence-corrected chi connectivity index (χ3v) is 8.30. The number of amides is 3. The molecule has 1 aromatic carbocycles. The van der Waals surface area contributed by atoms with Crippen LogP contribution in [0.15, 0.2) is 60.9 Å². The molecule has 0 radical (unpaired) electrons. The van der Waals surface area contributed by atoms with Gasteiger partial charge < -0.3 is 21.0 Å². The molecule has 4 atom stereocenters. The summed E-state index contributed by atoms with van der Waals surface area (Å²) in [6, 6.07) is 14.2. The summed E-state index contributed by atoms with van der Waals surface area (Å²) < 4.78 is 40.3. The van der Waals surface area contributed by atoms with E-state index in [0.29, 0.717) is 24.4 Å². The van der Waals surface area contributed by atoms with Gasteiger partial charge in [-0.05, 0) is 43.0 Å². The number of anilines is 1. The summed E-state index contributed by atoms with van der Waals surface area (Å²) >= 11 is 0. The van der Waals surface area contributed by atoms with Gasteiger partial charge in [0.25, 0.3) is 5.91 Å². The van der Waals surface area contributed by atoms with E-state index in [2.05, 4.69) is 20.6 Å². The Morgan fingerprint density at radius 1 is 1.16 bits per heavy atom. The fourth-order valence-corrected chi connectivity index (χ4v) is 6.30. The highest BCUT2D eigenvalue weighted by Gasteiger charge is 2.52. The number of benzene rings is 1. The first-order valence-corrected chi connectivity index (χ1v) is 13.8. The Labute approximate surface area is 251 Å². The number of nitrogens with zero attached hydrogens (tertiary/aromatic N) is 4. The molecule has 2 aliphatic heterocycles. The summed E-state index contributed by atoms with van der Waals surface area (Å²) in [6.07, 6.45) is -0.753. The second kappa shape index (κ2) is 12.4. The lowest BCUT2D eigenvalue weighted by molar-refractivity contribution is -0.170. The van der Waals surface area contributed by atoms with E-state index in [1.165, 1.54) is 13.1 Å². The van der Waals surface area contributed by atoms with Gasteiger partial charge in [-0.2, -0.15) is 18.4 Å². The van der Waals surface area contributed by atoms with E-state index in [9.17, 15) is 27.6 Å². The summed E-state index contributed by atoms with van der Waals surface area (Å²) in [4.78, 5) is 49.0. The van der Waals surface area contributed by atoms with Crippen molar-refractivity contribution in [3.05, 3.63) is 88.9 Å². The normalized spacial score (nSPS) is 23.4. The number of aromatic nitrogens is 2. The fraction of sp³-hybridized carbons (Fsp3) is 0.355. The van der Waals surface area contributed by atoms with Gasteiger partial charge in [0.1, 0.15) is 18.4 Å².